The summed E-state index contributed by atoms with van der Waals surface area (Å²) in [5.74, 6) is -1.78. The summed E-state index contributed by atoms with van der Waals surface area (Å²) in [5, 5.41) is 82.8. The van der Waals surface area contributed by atoms with Crippen LogP contribution >= 0.6 is 0 Å². The number of hydrogen-bond donors (Lipinski definition) is 7. The third-order valence-corrected chi connectivity index (χ3v) is 18.9. The van der Waals surface area contributed by atoms with Crippen molar-refractivity contribution in [2.75, 3.05) is 53.6 Å². The van der Waals surface area contributed by atoms with Crippen molar-refractivity contribution in [1.29, 1.82) is 0 Å². The molecule has 0 radical (unpaired) electrons. The van der Waals surface area contributed by atoms with Crippen LogP contribution in [0, 0.1) is 0 Å². The van der Waals surface area contributed by atoms with Gasteiger partial charge in [-0.1, -0.05) is 119 Å². The molecular formula is C76H85N9O12. The van der Waals surface area contributed by atoms with Gasteiger partial charge in [0, 0.05) is 77.1 Å². The average Bonchev–Trinajstić information content (AvgIpc) is 1.69. The second-order valence-electron chi connectivity index (χ2n) is 27.5. The summed E-state index contributed by atoms with van der Waals surface area (Å²) >= 11 is 0. The molecular weight excluding hydrogens is 1230 g/mol. The standard InChI is InChI=1S/C76H85N9O12/c1-12-22-85(39-84-25-21-46-27-47(14-17-52(46)37-84)65-68(74(92)77-43(8)9)78-95-71(65)56-29-53(40(2)3)59(86)32-62(56)89)76(94)70-67(73(97-80-70)58-31-55(42(6)7)61(88)34-64(58)91)49-15-18-51-36-83(24-20-45(51)28-49)38-82(11)75(93)69-66(48-13-16-50-35-81(10)23-19-44(50)26-48)72(96-79-69)57-30-54(41(4)5)60(87)33-63(57)90/h13-18,26-34,40-43,86-91H,12,19-25,35-39H2,1-11H3,(H,77,92). The van der Waals surface area contributed by atoms with Crippen LogP contribution in [0.15, 0.2) is 105 Å². The summed E-state index contributed by atoms with van der Waals surface area (Å²) in [6.07, 6.45) is 2.62. The SMILES string of the molecule is CCCN(CN1CCc2cc(-c3c(C(=O)NC(C)C)noc3-c3cc(C(C)C)c(O)cc3O)ccc2C1)C(=O)c1noc(-c2cc(C(C)C)c(O)cc2O)c1-c1ccc2c(c1)CCN(CN(C)C(=O)c1noc(-c3cc(C(C)C)c(O)cc3O)c1-c1ccc3c(c1)CCN(C)C3)C2. The molecule has 0 fully saturated rings. The van der Waals surface area contributed by atoms with Crippen LogP contribution in [0.4, 0.5) is 0 Å². The lowest BCUT2D eigenvalue weighted by atomic mass is 9.91. The summed E-state index contributed by atoms with van der Waals surface area (Å²) in [6.45, 7) is 22.0. The lowest BCUT2D eigenvalue weighted by molar-refractivity contribution is 0.0592. The first kappa shape index (κ1) is 67.0. The number of rotatable bonds is 19. The summed E-state index contributed by atoms with van der Waals surface area (Å²) in [5.41, 5.74) is 12.5. The first-order valence-electron chi connectivity index (χ1n) is 33.4. The van der Waals surface area contributed by atoms with Crippen LogP contribution < -0.4 is 5.32 Å². The molecule has 0 saturated carbocycles. The van der Waals surface area contributed by atoms with Gasteiger partial charge in [0.2, 0.25) is 0 Å². The Hall–Kier alpha value is -9.96. The molecule has 3 aromatic heterocycles. The highest BCUT2D eigenvalue weighted by molar-refractivity contribution is 6.05. The molecule has 21 nitrogen and oxygen atoms in total. The average molecular weight is 1320 g/mol. The number of phenols is 6. The van der Waals surface area contributed by atoms with E-state index in [0.717, 1.165) is 52.9 Å². The molecule has 3 aliphatic rings. The molecule has 9 aromatic rings. The van der Waals surface area contributed by atoms with Crippen molar-refractivity contribution in [3.8, 4) is 102 Å². The summed E-state index contributed by atoms with van der Waals surface area (Å²) < 4.78 is 18.2. The summed E-state index contributed by atoms with van der Waals surface area (Å²) in [4.78, 5) is 54.0. The fraction of sp³-hybridized carbons (Fsp3) is 0.368. The van der Waals surface area contributed by atoms with Gasteiger partial charge in [0.1, 0.15) is 34.5 Å². The molecule has 3 aliphatic heterocycles. The Kier molecular flexibility index (Phi) is 18.8. The van der Waals surface area contributed by atoms with E-state index in [1.807, 2.05) is 105 Å². The molecule has 3 amide bonds. The lowest BCUT2D eigenvalue weighted by Gasteiger charge is -2.34. The smallest absolute Gasteiger partial charge is 0.277 e. The highest BCUT2D eigenvalue weighted by Crippen LogP contribution is 2.48. The molecule has 0 atom stereocenters. The predicted molar refractivity (Wildman–Crippen MR) is 368 cm³/mol. The summed E-state index contributed by atoms with van der Waals surface area (Å²) in [7, 11) is 3.82. The van der Waals surface area contributed by atoms with E-state index in [1.165, 1.54) is 23.8 Å². The first-order chi connectivity index (χ1) is 46.3. The Labute approximate surface area is 564 Å². The van der Waals surface area contributed by atoms with Crippen molar-refractivity contribution in [1.82, 2.24) is 45.3 Å². The largest absolute Gasteiger partial charge is 0.508 e. The normalized spacial score (nSPS) is 14.3. The minimum atomic E-state index is -0.440. The number of aromatic nitrogens is 3. The maximum atomic E-state index is 15.4. The van der Waals surface area contributed by atoms with E-state index in [4.69, 9.17) is 13.6 Å². The van der Waals surface area contributed by atoms with E-state index in [0.29, 0.717) is 102 Å². The number of amides is 3. The minimum Gasteiger partial charge on any atom is -0.508 e. The van der Waals surface area contributed by atoms with Gasteiger partial charge in [-0.3, -0.25) is 24.2 Å². The van der Waals surface area contributed by atoms with Crippen LogP contribution in [-0.2, 0) is 38.9 Å². The van der Waals surface area contributed by atoms with Gasteiger partial charge in [-0.25, -0.2) is 0 Å². The van der Waals surface area contributed by atoms with E-state index in [9.17, 15) is 40.2 Å². The van der Waals surface area contributed by atoms with Crippen LogP contribution in [0.1, 0.15) is 168 Å². The van der Waals surface area contributed by atoms with Crippen LogP contribution in [0.5, 0.6) is 34.5 Å². The number of fused-ring (bicyclic) bond motifs is 3. The zero-order valence-electron chi connectivity index (χ0n) is 56.9. The van der Waals surface area contributed by atoms with Gasteiger partial charge in [-0.2, -0.15) is 0 Å². The molecule has 506 valence electrons. The number of nitrogens with one attached hydrogen (secondary N) is 1. The number of nitrogens with zero attached hydrogens (tertiary/aromatic N) is 8. The third kappa shape index (κ3) is 13.3. The van der Waals surface area contributed by atoms with Gasteiger partial charge in [0.15, 0.2) is 34.4 Å². The number of likely N-dealkylation sites (N-methyl/N-ethyl adjacent to an activating group) is 1. The number of phenolic OH excluding ortho intramolecular Hbond substituents is 6. The summed E-state index contributed by atoms with van der Waals surface area (Å²) in [6, 6.07) is 26.7. The van der Waals surface area contributed by atoms with Gasteiger partial charge in [0.05, 0.1) is 46.7 Å². The highest BCUT2D eigenvalue weighted by atomic mass is 16.5. The Morgan fingerprint density at radius 1 is 0.485 bits per heavy atom. The fourth-order valence-electron chi connectivity index (χ4n) is 13.8. The van der Waals surface area contributed by atoms with Crippen molar-refractivity contribution in [2.45, 2.75) is 131 Å². The van der Waals surface area contributed by atoms with Gasteiger partial charge in [-0.15, -0.1) is 0 Å². The number of aromatic hydroxyl groups is 6. The van der Waals surface area contributed by atoms with Crippen molar-refractivity contribution < 1.29 is 58.6 Å². The van der Waals surface area contributed by atoms with E-state index < -0.39 is 5.91 Å². The monoisotopic (exact) mass is 1320 g/mol. The Morgan fingerprint density at radius 2 is 0.866 bits per heavy atom. The van der Waals surface area contributed by atoms with Crippen LogP contribution in [0.3, 0.4) is 0 Å². The van der Waals surface area contributed by atoms with Gasteiger partial charge < -0.3 is 64.2 Å². The Morgan fingerprint density at radius 3 is 1.28 bits per heavy atom. The number of carbonyl (C=O) groups is 3. The van der Waals surface area contributed by atoms with E-state index in [1.54, 1.807) is 35.0 Å². The molecule has 0 bridgehead atoms. The van der Waals surface area contributed by atoms with E-state index in [2.05, 4.69) is 54.7 Å². The van der Waals surface area contributed by atoms with Crippen molar-refractivity contribution in [2.24, 2.45) is 0 Å². The zero-order chi connectivity index (χ0) is 69.0. The van der Waals surface area contributed by atoms with Crippen molar-refractivity contribution in [3.63, 3.8) is 0 Å². The second-order valence-corrected chi connectivity index (χ2v) is 27.5. The number of carbonyl (C=O) groups excluding carboxylic acids is 3. The molecule has 0 spiro atoms. The molecule has 21 heteroatoms. The number of hydrogen-bond acceptors (Lipinski definition) is 18. The maximum absolute atomic E-state index is 15.4. The second kappa shape index (κ2) is 27.3. The Bertz CT molecular complexity index is 4520. The predicted octanol–water partition coefficient (Wildman–Crippen LogP) is 13.3. The molecule has 12 rings (SSSR count). The maximum Gasteiger partial charge on any atom is 0.277 e. The third-order valence-electron chi connectivity index (χ3n) is 18.9. The van der Waals surface area contributed by atoms with Gasteiger partial charge in [0.25, 0.3) is 17.7 Å². The molecule has 0 unspecified atom stereocenters. The number of benzene rings is 6. The lowest BCUT2D eigenvalue weighted by Crippen LogP contribution is -2.44. The fourth-order valence-corrected chi connectivity index (χ4v) is 13.8. The zero-order valence-corrected chi connectivity index (χ0v) is 56.9. The van der Waals surface area contributed by atoms with E-state index in [-0.39, 0.29) is 129 Å². The van der Waals surface area contributed by atoms with E-state index >= 15 is 4.79 Å². The van der Waals surface area contributed by atoms with Crippen molar-refractivity contribution >= 4 is 17.7 Å². The van der Waals surface area contributed by atoms with Crippen LogP contribution in [0.2, 0.25) is 0 Å². The van der Waals surface area contributed by atoms with Gasteiger partial charge >= 0.3 is 0 Å². The van der Waals surface area contributed by atoms with Gasteiger partial charge in [-0.05, 0) is 149 Å². The molecule has 6 aromatic carbocycles. The van der Waals surface area contributed by atoms with Crippen LogP contribution in [-0.4, -0.2) is 148 Å². The molecule has 0 saturated heterocycles. The quantitative estimate of drug-likeness (QED) is 0.0396. The minimum absolute atomic E-state index is 0.0439. The molecule has 7 N–H and O–H groups in total. The highest BCUT2D eigenvalue weighted by Gasteiger charge is 2.36. The van der Waals surface area contributed by atoms with Crippen molar-refractivity contribution in [3.05, 3.63) is 158 Å². The first-order valence-corrected chi connectivity index (χ1v) is 33.4. The molecule has 0 aliphatic carbocycles. The molecule has 6 heterocycles. The topological polar surface area (TPSA) is 279 Å². The Balaban J connectivity index is 0.817. The van der Waals surface area contributed by atoms with Crippen LogP contribution in [0.25, 0.3) is 67.4 Å². The molecule has 97 heavy (non-hydrogen) atoms.